The van der Waals surface area contributed by atoms with Gasteiger partial charge in [0.1, 0.15) is 5.60 Å². The molecule has 1 saturated heterocycles. The number of hydrogen-bond donors (Lipinski definition) is 1. The molecule has 0 aromatic rings. The highest BCUT2D eigenvalue weighted by molar-refractivity contribution is 5.96. The van der Waals surface area contributed by atoms with E-state index in [0.717, 1.165) is 37.8 Å². The zero-order valence-electron chi connectivity index (χ0n) is 15.8. The van der Waals surface area contributed by atoms with Crippen LogP contribution in [0.4, 0.5) is 0 Å². The van der Waals surface area contributed by atoms with Crippen LogP contribution in [0.25, 0.3) is 0 Å². The topological polar surface area (TPSA) is 58.9 Å². The van der Waals surface area contributed by atoms with E-state index in [4.69, 9.17) is 4.74 Å². The largest absolute Gasteiger partial charge is 0.458 e. The molecule has 0 amide bonds. The van der Waals surface area contributed by atoms with Gasteiger partial charge >= 0.3 is 5.97 Å². The van der Waals surface area contributed by atoms with Crippen molar-refractivity contribution in [3.8, 4) is 0 Å². The van der Waals surface area contributed by atoms with Crippen molar-refractivity contribution < 1.29 is 14.7 Å². The molecule has 4 nitrogen and oxygen atoms in total. The molecule has 0 aromatic carbocycles. The van der Waals surface area contributed by atoms with Crippen molar-refractivity contribution in [2.45, 2.75) is 70.8 Å². The second kappa shape index (κ2) is 5.24. The minimum Gasteiger partial charge on any atom is -0.458 e. The van der Waals surface area contributed by atoms with E-state index in [2.05, 4.69) is 37.2 Å². The Kier molecular flexibility index (Phi) is 3.34. The van der Waals surface area contributed by atoms with Gasteiger partial charge in [-0.15, -0.1) is 0 Å². The lowest BCUT2D eigenvalue weighted by Crippen LogP contribution is -2.53. The first-order chi connectivity index (χ1) is 12.4. The predicted octanol–water partition coefficient (Wildman–Crippen LogP) is 4.63. The van der Waals surface area contributed by atoms with Crippen LogP contribution in [0.2, 0.25) is 0 Å². The van der Waals surface area contributed by atoms with Gasteiger partial charge in [-0.05, 0) is 79.8 Å². The number of fused-ring (bicyclic) bond motifs is 6. The quantitative estimate of drug-likeness (QED) is 0.391. The average molecular weight is 355 g/mol. The van der Waals surface area contributed by atoms with Gasteiger partial charge in [0.25, 0.3) is 0 Å². The number of allylic oxidation sites excluding steroid dienone is 4. The van der Waals surface area contributed by atoms with E-state index in [0.29, 0.717) is 24.2 Å². The third-order valence-electron chi connectivity index (χ3n) is 8.99. The standard InChI is InChI=1S/C22H29NO3/c1-20-9-5-15(23-25)13-14(20)3-4-16-17(20)6-10-21(2)18(16)7-11-22(21)12-8-19(24)26-22/h3-4,13,16-18,25H,5-12H2,1-2H3/b23-15+/t16-,17+,18+,20-,21-,22+/m0/s1. The van der Waals surface area contributed by atoms with E-state index in [-0.39, 0.29) is 22.4 Å². The van der Waals surface area contributed by atoms with Crippen LogP contribution < -0.4 is 0 Å². The van der Waals surface area contributed by atoms with E-state index >= 15 is 0 Å². The summed E-state index contributed by atoms with van der Waals surface area (Å²) in [6, 6.07) is 0. The molecule has 0 bridgehead atoms. The van der Waals surface area contributed by atoms with Gasteiger partial charge in [-0.25, -0.2) is 0 Å². The molecule has 0 aromatic heterocycles. The molecule has 1 spiro atoms. The van der Waals surface area contributed by atoms with Crippen molar-refractivity contribution in [1.82, 2.24) is 0 Å². The number of carbonyl (C=O) groups excluding carboxylic acids is 1. The molecule has 4 aliphatic carbocycles. The third-order valence-corrected chi connectivity index (χ3v) is 8.99. The van der Waals surface area contributed by atoms with Gasteiger partial charge in [0.05, 0.1) is 5.71 Å². The van der Waals surface area contributed by atoms with Crippen LogP contribution in [0.5, 0.6) is 0 Å². The fraction of sp³-hybridized carbons (Fsp3) is 0.727. The summed E-state index contributed by atoms with van der Waals surface area (Å²) in [4.78, 5) is 11.9. The Labute approximate surface area is 155 Å². The second-order valence-corrected chi connectivity index (χ2v) is 9.72. The van der Waals surface area contributed by atoms with Crippen molar-refractivity contribution >= 4 is 11.7 Å². The van der Waals surface area contributed by atoms with E-state index in [9.17, 15) is 10.0 Å². The molecule has 140 valence electrons. The maximum Gasteiger partial charge on any atom is 0.306 e. The summed E-state index contributed by atoms with van der Waals surface area (Å²) in [6.07, 6.45) is 14.8. The number of hydrogen-bond acceptors (Lipinski definition) is 4. The zero-order valence-corrected chi connectivity index (χ0v) is 15.8. The number of nitrogens with zero attached hydrogens (tertiary/aromatic N) is 1. The molecule has 2 saturated carbocycles. The van der Waals surface area contributed by atoms with Crippen LogP contribution in [0.15, 0.2) is 29.0 Å². The number of rotatable bonds is 0. The van der Waals surface area contributed by atoms with Gasteiger partial charge in [0.2, 0.25) is 0 Å². The normalized spacial score (nSPS) is 51.0. The molecule has 1 heterocycles. The maximum absolute atomic E-state index is 11.9. The highest BCUT2D eigenvalue weighted by atomic mass is 16.6. The highest BCUT2D eigenvalue weighted by Gasteiger charge is 2.66. The number of esters is 1. The fourth-order valence-corrected chi connectivity index (χ4v) is 7.38. The molecular formula is C22H29NO3. The van der Waals surface area contributed by atoms with Crippen LogP contribution in [0, 0.1) is 28.6 Å². The molecule has 5 rings (SSSR count). The van der Waals surface area contributed by atoms with E-state index < -0.39 is 0 Å². The van der Waals surface area contributed by atoms with Gasteiger partial charge < -0.3 is 9.94 Å². The number of oxime groups is 1. The molecule has 1 aliphatic heterocycles. The lowest BCUT2D eigenvalue weighted by atomic mass is 9.48. The van der Waals surface area contributed by atoms with Crippen LogP contribution >= 0.6 is 0 Å². The van der Waals surface area contributed by atoms with Crippen molar-refractivity contribution in [2.75, 3.05) is 0 Å². The minimum atomic E-state index is -0.201. The Morgan fingerprint density at radius 1 is 1.12 bits per heavy atom. The predicted molar refractivity (Wildman–Crippen MR) is 98.9 cm³/mol. The first-order valence-electron chi connectivity index (χ1n) is 10.3. The van der Waals surface area contributed by atoms with Gasteiger partial charge in [0.15, 0.2) is 0 Å². The first-order valence-corrected chi connectivity index (χ1v) is 10.3. The van der Waals surface area contributed by atoms with Crippen molar-refractivity contribution in [3.63, 3.8) is 0 Å². The van der Waals surface area contributed by atoms with Gasteiger partial charge in [-0.2, -0.15) is 0 Å². The van der Waals surface area contributed by atoms with Crippen LogP contribution in [0.1, 0.15) is 65.2 Å². The molecule has 0 radical (unpaired) electrons. The Morgan fingerprint density at radius 2 is 1.92 bits per heavy atom. The van der Waals surface area contributed by atoms with E-state index in [1.54, 1.807) is 0 Å². The average Bonchev–Trinajstić information content (AvgIpc) is 3.15. The molecular weight excluding hydrogens is 326 g/mol. The Hall–Kier alpha value is -1.58. The van der Waals surface area contributed by atoms with Crippen LogP contribution in [0.3, 0.4) is 0 Å². The first kappa shape index (κ1) is 16.6. The highest BCUT2D eigenvalue weighted by Crippen LogP contribution is 2.68. The summed E-state index contributed by atoms with van der Waals surface area (Å²) in [7, 11) is 0. The monoisotopic (exact) mass is 355 g/mol. The number of ether oxygens (including phenoxy) is 1. The van der Waals surface area contributed by atoms with Crippen LogP contribution in [-0.4, -0.2) is 22.5 Å². The van der Waals surface area contributed by atoms with E-state index in [1.165, 1.54) is 18.4 Å². The summed E-state index contributed by atoms with van der Waals surface area (Å²) in [5, 5.41) is 12.6. The third kappa shape index (κ3) is 1.91. The Bertz CT molecular complexity index is 752. The molecule has 5 aliphatic rings. The maximum atomic E-state index is 11.9. The summed E-state index contributed by atoms with van der Waals surface area (Å²) < 4.78 is 6.00. The summed E-state index contributed by atoms with van der Waals surface area (Å²) in [5.41, 5.74) is 2.24. The molecule has 3 fully saturated rings. The minimum absolute atomic E-state index is 0.00784. The SMILES string of the molecule is C[C@]12CC/C(=N\O)C=C1C=C[C@H]1[C@H]2CC[C@@]2(C)[C@@H]1CC[C@@]21CCC(=O)O1. The van der Waals surface area contributed by atoms with E-state index in [1.807, 2.05) is 0 Å². The number of carbonyl (C=O) groups is 1. The van der Waals surface area contributed by atoms with Gasteiger partial charge in [0, 0.05) is 11.8 Å². The fourth-order valence-electron chi connectivity index (χ4n) is 7.38. The van der Waals surface area contributed by atoms with Gasteiger partial charge in [-0.3, -0.25) is 4.79 Å². The van der Waals surface area contributed by atoms with Crippen molar-refractivity contribution in [1.29, 1.82) is 0 Å². The molecule has 0 unspecified atom stereocenters. The van der Waals surface area contributed by atoms with Crippen LogP contribution in [-0.2, 0) is 9.53 Å². The Balaban J connectivity index is 1.52. The lowest BCUT2D eigenvalue weighted by Gasteiger charge is -2.57. The molecule has 1 N–H and O–H groups in total. The molecule has 26 heavy (non-hydrogen) atoms. The van der Waals surface area contributed by atoms with Crippen molar-refractivity contribution in [2.24, 2.45) is 33.7 Å². The lowest BCUT2D eigenvalue weighted by molar-refractivity contribution is -0.165. The van der Waals surface area contributed by atoms with Crippen molar-refractivity contribution in [3.05, 3.63) is 23.8 Å². The second-order valence-electron chi connectivity index (χ2n) is 9.72. The smallest absolute Gasteiger partial charge is 0.306 e. The van der Waals surface area contributed by atoms with Gasteiger partial charge in [-0.1, -0.05) is 31.2 Å². The zero-order chi connectivity index (χ0) is 18.2. The summed E-state index contributed by atoms with van der Waals surface area (Å²) >= 11 is 0. The Morgan fingerprint density at radius 3 is 2.65 bits per heavy atom. The molecule has 4 heteroatoms. The summed E-state index contributed by atoms with van der Waals surface area (Å²) in [5.74, 6) is 1.83. The molecule has 6 atom stereocenters. The summed E-state index contributed by atoms with van der Waals surface area (Å²) in [6.45, 7) is 4.82.